The average molecular weight is 314 g/mol. The second-order valence-corrected chi connectivity index (χ2v) is 7.36. The molecule has 0 fully saturated rings. The Morgan fingerprint density at radius 1 is 1.33 bits per heavy atom. The third kappa shape index (κ3) is 5.02. The van der Waals surface area contributed by atoms with Crippen LogP contribution in [-0.2, 0) is 14.6 Å². The fourth-order valence-corrected chi connectivity index (χ4v) is 2.49. The van der Waals surface area contributed by atoms with E-state index in [9.17, 15) is 13.2 Å². The smallest absolute Gasteiger partial charge is 0.251 e. The quantitative estimate of drug-likeness (QED) is 0.765. The zero-order valence-electron chi connectivity index (χ0n) is 12.7. The number of sulfone groups is 1. The topological polar surface area (TPSA) is 98.5 Å². The van der Waals surface area contributed by atoms with Gasteiger partial charge in [-0.3, -0.25) is 4.79 Å². The Hall–Kier alpha value is -1.60. The Kier molecular flexibility index (Phi) is 5.74. The van der Waals surface area contributed by atoms with Crippen LogP contribution in [0.1, 0.15) is 24.2 Å². The molecule has 0 heterocycles. The summed E-state index contributed by atoms with van der Waals surface area (Å²) in [6.45, 7) is 4.31. The standard InChI is InChI=1S/C14H22N2O4S/c1-9(2)13(8-20-3)16-14(17)10-5-11(15)7-12(6-10)21(4,18)19/h5-7,9,13H,8,15H2,1-4H3,(H,16,17). The van der Waals surface area contributed by atoms with E-state index in [4.69, 9.17) is 10.5 Å². The van der Waals surface area contributed by atoms with E-state index in [0.717, 1.165) is 6.26 Å². The van der Waals surface area contributed by atoms with Crippen LogP contribution in [0.15, 0.2) is 23.1 Å². The summed E-state index contributed by atoms with van der Waals surface area (Å²) in [4.78, 5) is 12.3. The molecule has 1 unspecified atom stereocenters. The van der Waals surface area contributed by atoms with E-state index in [2.05, 4.69) is 5.32 Å². The van der Waals surface area contributed by atoms with Gasteiger partial charge in [-0.15, -0.1) is 0 Å². The lowest BCUT2D eigenvalue weighted by atomic mass is 10.0. The molecular formula is C14H22N2O4S. The number of methoxy groups -OCH3 is 1. The number of ether oxygens (including phenoxy) is 1. The SMILES string of the molecule is COCC(NC(=O)c1cc(N)cc(S(C)(=O)=O)c1)C(C)C. The molecule has 0 aliphatic carbocycles. The minimum atomic E-state index is -3.42. The monoisotopic (exact) mass is 314 g/mol. The zero-order valence-corrected chi connectivity index (χ0v) is 13.5. The van der Waals surface area contributed by atoms with Crippen molar-refractivity contribution in [1.82, 2.24) is 5.32 Å². The van der Waals surface area contributed by atoms with Gasteiger partial charge in [-0.2, -0.15) is 0 Å². The minimum Gasteiger partial charge on any atom is -0.399 e. The van der Waals surface area contributed by atoms with Gasteiger partial charge in [0.1, 0.15) is 0 Å². The summed E-state index contributed by atoms with van der Waals surface area (Å²) in [6.07, 6.45) is 1.07. The summed E-state index contributed by atoms with van der Waals surface area (Å²) in [7, 11) is -1.86. The van der Waals surface area contributed by atoms with E-state index < -0.39 is 9.84 Å². The number of amides is 1. The van der Waals surface area contributed by atoms with Crippen LogP contribution in [0.5, 0.6) is 0 Å². The van der Waals surface area contributed by atoms with Crippen LogP contribution in [0.2, 0.25) is 0 Å². The molecule has 1 amide bonds. The molecule has 0 aliphatic heterocycles. The molecule has 1 atom stereocenters. The van der Waals surface area contributed by atoms with Crippen molar-refractivity contribution in [3.8, 4) is 0 Å². The van der Waals surface area contributed by atoms with Crippen molar-refractivity contribution in [2.24, 2.45) is 5.92 Å². The number of hydrogen-bond donors (Lipinski definition) is 2. The van der Waals surface area contributed by atoms with Gasteiger partial charge in [0.2, 0.25) is 0 Å². The Bertz CT molecular complexity index is 611. The first-order valence-electron chi connectivity index (χ1n) is 6.55. The highest BCUT2D eigenvalue weighted by Gasteiger charge is 2.19. The molecule has 1 rings (SSSR count). The van der Waals surface area contributed by atoms with Gasteiger partial charge in [0, 0.05) is 24.6 Å². The number of carbonyl (C=O) groups excluding carboxylic acids is 1. The summed E-state index contributed by atoms with van der Waals surface area (Å²) in [5.41, 5.74) is 6.13. The van der Waals surface area contributed by atoms with E-state index in [1.165, 1.54) is 18.2 Å². The predicted octanol–water partition coefficient (Wildman–Crippen LogP) is 1.07. The van der Waals surface area contributed by atoms with Crippen molar-refractivity contribution >= 4 is 21.4 Å². The molecule has 0 aromatic heterocycles. The highest BCUT2D eigenvalue weighted by atomic mass is 32.2. The Labute approximate surface area is 125 Å². The van der Waals surface area contributed by atoms with Gasteiger partial charge in [0.25, 0.3) is 5.91 Å². The highest BCUT2D eigenvalue weighted by molar-refractivity contribution is 7.90. The Morgan fingerprint density at radius 2 is 1.95 bits per heavy atom. The van der Waals surface area contributed by atoms with Gasteiger partial charge >= 0.3 is 0 Å². The number of nitrogens with one attached hydrogen (secondary N) is 1. The summed E-state index contributed by atoms with van der Waals surface area (Å²) in [6, 6.07) is 3.95. The number of carbonyl (C=O) groups is 1. The number of anilines is 1. The lowest BCUT2D eigenvalue weighted by Crippen LogP contribution is -2.41. The van der Waals surface area contributed by atoms with Gasteiger partial charge in [0.05, 0.1) is 17.5 Å². The maximum atomic E-state index is 12.2. The van der Waals surface area contributed by atoms with Gasteiger partial charge in [-0.05, 0) is 24.1 Å². The van der Waals surface area contributed by atoms with Gasteiger partial charge < -0.3 is 15.8 Å². The number of nitrogen functional groups attached to an aromatic ring is 1. The van der Waals surface area contributed by atoms with Crippen LogP contribution in [-0.4, -0.2) is 40.3 Å². The Balaban J connectivity index is 3.05. The van der Waals surface area contributed by atoms with Crippen molar-refractivity contribution in [2.45, 2.75) is 24.8 Å². The molecular weight excluding hydrogens is 292 g/mol. The van der Waals surface area contributed by atoms with Crippen LogP contribution in [0.4, 0.5) is 5.69 Å². The molecule has 0 saturated heterocycles. The van der Waals surface area contributed by atoms with Crippen LogP contribution in [0.25, 0.3) is 0 Å². The molecule has 6 nitrogen and oxygen atoms in total. The van der Waals surface area contributed by atoms with Gasteiger partial charge in [-0.25, -0.2) is 8.42 Å². The molecule has 0 saturated carbocycles. The van der Waals surface area contributed by atoms with Crippen LogP contribution < -0.4 is 11.1 Å². The summed E-state index contributed by atoms with van der Waals surface area (Å²) in [5, 5.41) is 2.83. The molecule has 0 radical (unpaired) electrons. The molecule has 1 aromatic carbocycles. The molecule has 3 N–H and O–H groups in total. The fraction of sp³-hybridized carbons (Fsp3) is 0.500. The fourth-order valence-electron chi connectivity index (χ4n) is 1.80. The molecule has 0 bridgehead atoms. The number of nitrogens with two attached hydrogens (primary N) is 1. The second-order valence-electron chi connectivity index (χ2n) is 5.34. The van der Waals surface area contributed by atoms with Crippen LogP contribution >= 0.6 is 0 Å². The van der Waals surface area contributed by atoms with E-state index >= 15 is 0 Å². The van der Waals surface area contributed by atoms with Crippen LogP contribution in [0.3, 0.4) is 0 Å². The summed E-state index contributed by atoms with van der Waals surface area (Å²) in [5.74, 6) is -0.188. The maximum Gasteiger partial charge on any atom is 0.251 e. The van der Waals surface area contributed by atoms with Crippen molar-refractivity contribution in [3.05, 3.63) is 23.8 Å². The molecule has 0 aliphatic rings. The minimum absolute atomic E-state index is 0.0282. The first-order valence-corrected chi connectivity index (χ1v) is 8.44. The average Bonchev–Trinajstić information content (AvgIpc) is 2.36. The van der Waals surface area contributed by atoms with Gasteiger partial charge in [-0.1, -0.05) is 13.8 Å². The highest BCUT2D eigenvalue weighted by Crippen LogP contribution is 2.17. The zero-order chi connectivity index (χ0) is 16.2. The van der Waals surface area contributed by atoms with E-state index in [1.807, 2.05) is 13.8 Å². The van der Waals surface area contributed by atoms with Gasteiger partial charge in [0.15, 0.2) is 9.84 Å². The first kappa shape index (κ1) is 17.5. The predicted molar refractivity (Wildman–Crippen MR) is 81.9 cm³/mol. The lowest BCUT2D eigenvalue weighted by Gasteiger charge is -2.21. The lowest BCUT2D eigenvalue weighted by molar-refractivity contribution is 0.0866. The third-order valence-corrected chi connectivity index (χ3v) is 4.18. The number of rotatable bonds is 6. The molecule has 118 valence electrons. The summed E-state index contributed by atoms with van der Waals surface area (Å²) >= 11 is 0. The number of hydrogen-bond acceptors (Lipinski definition) is 5. The van der Waals surface area contributed by atoms with E-state index in [1.54, 1.807) is 7.11 Å². The van der Waals surface area contributed by atoms with Crippen molar-refractivity contribution < 1.29 is 17.9 Å². The molecule has 21 heavy (non-hydrogen) atoms. The molecule has 1 aromatic rings. The Morgan fingerprint density at radius 3 is 2.43 bits per heavy atom. The maximum absolute atomic E-state index is 12.2. The van der Waals surface area contributed by atoms with E-state index in [-0.39, 0.29) is 34.0 Å². The van der Waals surface area contributed by atoms with E-state index in [0.29, 0.717) is 6.61 Å². The second kappa shape index (κ2) is 6.91. The van der Waals surface area contributed by atoms with Crippen LogP contribution in [0, 0.1) is 5.92 Å². The molecule has 0 spiro atoms. The normalized spacial score (nSPS) is 13.2. The largest absolute Gasteiger partial charge is 0.399 e. The van der Waals surface area contributed by atoms with Crippen molar-refractivity contribution in [2.75, 3.05) is 25.7 Å². The van der Waals surface area contributed by atoms with Crippen molar-refractivity contribution in [3.63, 3.8) is 0 Å². The third-order valence-electron chi connectivity index (χ3n) is 3.09. The molecule has 7 heteroatoms. The summed E-state index contributed by atoms with van der Waals surface area (Å²) < 4.78 is 28.2. The number of benzene rings is 1. The van der Waals surface area contributed by atoms with Crippen molar-refractivity contribution in [1.29, 1.82) is 0 Å². The first-order chi connectivity index (χ1) is 9.65.